The van der Waals surface area contributed by atoms with Gasteiger partial charge in [0.1, 0.15) is 0 Å². The monoisotopic (exact) mass is 229 g/mol. The summed E-state index contributed by atoms with van der Waals surface area (Å²) in [7, 11) is 0. The molecule has 0 aliphatic rings. The van der Waals surface area contributed by atoms with Crippen LogP contribution in [-0.4, -0.2) is 4.98 Å². The summed E-state index contributed by atoms with van der Waals surface area (Å²) >= 11 is 0. The van der Waals surface area contributed by atoms with Gasteiger partial charge in [-0.2, -0.15) is 0 Å². The van der Waals surface area contributed by atoms with E-state index in [0.717, 1.165) is 0 Å². The van der Waals surface area contributed by atoms with Crippen molar-refractivity contribution in [3.63, 3.8) is 0 Å². The first-order chi connectivity index (χ1) is 8.38. The van der Waals surface area contributed by atoms with Gasteiger partial charge >= 0.3 is 0 Å². The molecule has 0 spiro atoms. The summed E-state index contributed by atoms with van der Waals surface area (Å²) < 4.78 is 0. The predicted molar refractivity (Wildman–Crippen MR) is 77.1 cm³/mol. The van der Waals surface area contributed by atoms with E-state index < -0.39 is 0 Å². The van der Waals surface area contributed by atoms with Crippen LogP contribution >= 0.6 is 0 Å². The highest BCUT2D eigenvalue weighted by atomic mass is 14.6. The number of hydrogen-bond donors (Lipinski definition) is 0. The molecule has 0 aliphatic carbocycles. The number of aryl methyl sites for hydroxylation is 1. The molecule has 0 saturated carbocycles. The first-order valence-electron chi connectivity index (χ1n) is 6.34. The number of nitrogens with zero attached hydrogens (tertiary/aromatic N) is 1. The molecule has 0 fully saturated rings. The first kappa shape index (κ1) is 15.4. The molecule has 0 bridgehead atoms. The zero-order valence-electron chi connectivity index (χ0n) is 11.6. The van der Waals surface area contributed by atoms with E-state index in [-0.39, 0.29) is 0 Å². The van der Waals surface area contributed by atoms with Crippen LogP contribution in [0, 0.1) is 6.92 Å². The summed E-state index contributed by atoms with van der Waals surface area (Å²) in [6.45, 7) is 10.1. The zero-order chi connectivity index (χ0) is 13.1. The quantitative estimate of drug-likeness (QED) is 0.662. The van der Waals surface area contributed by atoms with E-state index in [1.54, 1.807) is 6.20 Å². The van der Waals surface area contributed by atoms with Crippen LogP contribution in [0.15, 0.2) is 48.8 Å². The Labute approximate surface area is 106 Å². The Morgan fingerprint density at radius 3 is 2.00 bits per heavy atom. The van der Waals surface area contributed by atoms with Crippen molar-refractivity contribution in [1.29, 1.82) is 0 Å². The molecule has 1 aromatic carbocycles. The van der Waals surface area contributed by atoms with Gasteiger partial charge in [0.25, 0.3) is 0 Å². The number of hydrogen-bond acceptors (Lipinski definition) is 1. The molecule has 0 atom stereocenters. The Morgan fingerprint density at radius 1 is 0.824 bits per heavy atom. The summed E-state index contributed by atoms with van der Waals surface area (Å²) in [6.07, 6.45) is 3.68. The van der Waals surface area contributed by atoms with Gasteiger partial charge < -0.3 is 0 Å². The molecule has 2 rings (SSSR count). The second kappa shape index (κ2) is 9.59. The molecule has 1 nitrogen and oxygen atoms in total. The summed E-state index contributed by atoms with van der Waals surface area (Å²) in [5.41, 5.74) is 3.73. The Hall–Kier alpha value is -1.63. The molecule has 2 aromatic rings. The highest BCUT2D eigenvalue weighted by Gasteiger charge is 1.98. The summed E-state index contributed by atoms with van der Waals surface area (Å²) in [5.74, 6) is 0. The third-order valence-electron chi connectivity index (χ3n) is 2.12. The number of rotatable bonds is 1. The third kappa shape index (κ3) is 4.81. The Balaban J connectivity index is 0.000000581. The van der Waals surface area contributed by atoms with Gasteiger partial charge in [0.05, 0.1) is 0 Å². The summed E-state index contributed by atoms with van der Waals surface area (Å²) in [6, 6.07) is 12.4. The lowest BCUT2D eigenvalue weighted by Gasteiger charge is -2.03. The molecule has 92 valence electrons. The minimum absolute atomic E-state index is 1.18. The lowest BCUT2D eigenvalue weighted by Crippen LogP contribution is -1.82. The molecule has 0 saturated heterocycles. The van der Waals surface area contributed by atoms with Crippen molar-refractivity contribution in [3.8, 4) is 11.1 Å². The predicted octanol–water partition coefficient (Wildman–Crippen LogP) is 5.11. The van der Waals surface area contributed by atoms with E-state index in [1.807, 2.05) is 40.0 Å². The van der Waals surface area contributed by atoms with Gasteiger partial charge in [-0.3, -0.25) is 4.98 Å². The number of aromatic nitrogens is 1. The molecule has 1 aromatic heterocycles. The van der Waals surface area contributed by atoms with E-state index >= 15 is 0 Å². The van der Waals surface area contributed by atoms with Crippen LogP contribution < -0.4 is 0 Å². The van der Waals surface area contributed by atoms with Crippen molar-refractivity contribution in [2.45, 2.75) is 34.6 Å². The van der Waals surface area contributed by atoms with Crippen LogP contribution in [0.4, 0.5) is 0 Å². The van der Waals surface area contributed by atoms with Gasteiger partial charge in [-0.05, 0) is 24.1 Å². The molecule has 0 radical (unpaired) electrons. The summed E-state index contributed by atoms with van der Waals surface area (Å²) in [4.78, 5) is 4.10. The van der Waals surface area contributed by atoms with Crippen molar-refractivity contribution < 1.29 is 0 Å². The molecule has 0 unspecified atom stereocenters. The third-order valence-corrected chi connectivity index (χ3v) is 2.12. The molecule has 0 aliphatic heterocycles. The normalized spacial score (nSPS) is 8.29. The van der Waals surface area contributed by atoms with E-state index in [0.29, 0.717) is 0 Å². The van der Waals surface area contributed by atoms with Crippen molar-refractivity contribution in [2.75, 3.05) is 0 Å². The molecule has 0 amide bonds. The lowest BCUT2D eigenvalue weighted by atomic mass is 10.0. The van der Waals surface area contributed by atoms with Crippen molar-refractivity contribution in [1.82, 2.24) is 4.98 Å². The number of pyridine rings is 1. The second-order valence-electron chi connectivity index (χ2n) is 3.06. The first-order valence-corrected chi connectivity index (χ1v) is 6.34. The van der Waals surface area contributed by atoms with Crippen LogP contribution in [0.1, 0.15) is 33.3 Å². The van der Waals surface area contributed by atoms with Gasteiger partial charge in [0.2, 0.25) is 0 Å². The van der Waals surface area contributed by atoms with Crippen molar-refractivity contribution >= 4 is 0 Å². The topological polar surface area (TPSA) is 12.9 Å². The fourth-order valence-corrected chi connectivity index (χ4v) is 1.42. The van der Waals surface area contributed by atoms with E-state index in [2.05, 4.69) is 42.2 Å². The minimum atomic E-state index is 1.18. The molecular formula is C16H23N. The average molecular weight is 229 g/mol. The van der Waals surface area contributed by atoms with Gasteiger partial charge in [-0.15, -0.1) is 0 Å². The second-order valence-corrected chi connectivity index (χ2v) is 3.06. The average Bonchev–Trinajstić information content (AvgIpc) is 2.45. The van der Waals surface area contributed by atoms with Crippen molar-refractivity contribution in [2.24, 2.45) is 0 Å². The van der Waals surface area contributed by atoms with Gasteiger partial charge in [0.15, 0.2) is 0 Å². The van der Waals surface area contributed by atoms with Gasteiger partial charge in [0, 0.05) is 18.0 Å². The standard InChI is InChI=1S/C12H11N.2C2H6/c1-10-5-2-3-7-12(10)11-6-4-8-13-9-11;2*1-2/h2-9H,1H3;2*1-2H3. The van der Waals surface area contributed by atoms with E-state index in [9.17, 15) is 0 Å². The molecule has 17 heavy (non-hydrogen) atoms. The van der Waals surface area contributed by atoms with Crippen LogP contribution in [0.5, 0.6) is 0 Å². The maximum atomic E-state index is 4.10. The van der Waals surface area contributed by atoms with Gasteiger partial charge in [-0.1, -0.05) is 58.0 Å². The highest BCUT2D eigenvalue weighted by molar-refractivity contribution is 5.65. The van der Waals surface area contributed by atoms with E-state index in [4.69, 9.17) is 0 Å². The fraction of sp³-hybridized carbons (Fsp3) is 0.312. The van der Waals surface area contributed by atoms with Crippen LogP contribution in [0.2, 0.25) is 0 Å². The maximum absolute atomic E-state index is 4.10. The molecule has 1 heterocycles. The van der Waals surface area contributed by atoms with Gasteiger partial charge in [-0.25, -0.2) is 0 Å². The molecule has 0 N–H and O–H groups in total. The van der Waals surface area contributed by atoms with E-state index in [1.165, 1.54) is 16.7 Å². The van der Waals surface area contributed by atoms with Crippen LogP contribution in [0.3, 0.4) is 0 Å². The smallest absolute Gasteiger partial charge is 0.0346 e. The Morgan fingerprint density at radius 2 is 1.47 bits per heavy atom. The maximum Gasteiger partial charge on any atom is 0.0346 e. The highest BCUT2D eigenvalue weighted by Crippen LogP contribution is 2.21. The lowest BCUT2D eigenvalue weighted by molar-refractivity contribution is 1.32. The summed E-state index contributed by atoms with van der Waals surface area (Å²) in [5, 5.41) is 0. The Bertz CT molecular complexity index is 393. The Kier molecular flexibility index (Phi) is 8.67. The van der Waals surface area contributed by atoms with Crippen LogP contribution in [0.25, 0.3) is 11.1 Å². The zero-order valence-corrected chi connectivity index (χ0v) is 11.6. The minimum Gasteiger partial charge on any atom is -0.264 e. The van der Waals surface area contributed by atoms with Crippen molar-refractivity contribution in [3.05, 3.63) is 54.4 Å². The fourth-order valence-electron chi connectivity index (χ4n) is 1.42. The van der Waals surface area contributed by atoms with Crippen LogP contribution in [-0.2, 0) is 0 Å². The number of benzene rings is 1. The SMILES string of the molecule is CC.CC.Cc1ccccc1-c1cccnc1. The molecular weight excluding hydrogens is 206 g/mol. The largest absolute Gasteiger partial charge is 0.264 e. The molecule has 1 heteroatoms.